The van der Waals surface area contributed by atoms with Gasteiger partial charge in [-0.15, -0.1) is 11.8 Å². The fourth-order valence-electron chi connectivity index (χ4n) is 1.62. The maximum Gasteiger partial charge on any atom is 0.163 e. The number of thioether (sulfide) groups is 1. The van der Waals surface area contributed by atoms with E-state index in [9.17, 15) is 18.0 Å². The van der Waals surface area contributed by atoms with Crippen LogP contribution in [0.25, 0.3) is 0 Å². The Morgan fingerprint density at radius 2 is 1.60 bits per heavy atom. The zero-order valence-corrected chi connectivity index (χ0v) is 11.2. The number of halogens is 3. The van der Waals surface area contributed by atoms with E-state index in [-0.39, 0.29) is 17.1 Å². The fraction of sp³-hybridized carbons (Fsp3) is 0.133. The molecule has 2 aromatic carbocycles. The lowest BCUT2D eigenvalue weighted by Gasteiger charge is -2.03. The Morgan fingerprint density at radius 1 is 0.950 bits per heavy atom. The van der Waals surface area contributed by atoms with E-state index >= 15 is 0 Å². The highest BCUT2D eigenvalue weighted by molar-refractivity contribution is 7.99. The summed E-state index contributed by atoms with van der Waals surface area (Å²) in [6.07, 6.45) is 0.173. The van der Waals surface area contributed by atoms with Gasteiger partial charge in [-0.25, -0.2) is 13.2 Å². The molecule has 0 bridgehead atoms. The molecule has 0 aliphatic carbocycles. The van der Waals surface area contributed by atoms with E-state index in [1.807, 2.05) is 0 Å². The third-order valence-corrected chi connectivity index (χ3v) is 3.68. The number of hydrogen-bond acceptors (Lipinski definition) is 2. The van der Waals surface area contributed by atoms with E-state index in [1.165, 1.54) is 24.3 Å². The molecule has 5 heteroatoms. The summed E-state index contributed by atoms with van der Waals surface area (Å²) in [5, 5.41) is 0. The lowest BCUT2D eigenvalue weighted by atomic mass is 10.1. The molecule has 0 saturated heterocycles. The molecule has 0 aliphatic heterocycles. The van der Waals surface area contributed by atoms with Crippen molar-refractivity contribution < 1.29 is 18.0 Å². The molecule has 0 heterocycles. The zero-order chi connectivity index (χ0) is 14.5. The number of carbonyl (C=O) groups excluding carboxylic acids is 1. The predicted octanol–water partition coefficient (Wildman–Crippen LogP) is 4.47. The highest BCUT2D eigenvalue weighted by atomic mass is 32.2. The summed E-state index contributed by atoms with van der Waals surface area (Å²) in [6.45, 7) is 0. The molecule has 0 atom stereocenters. The number of Topliss-reactive ketones (excluding diaryl/α,β-unsaturated/α-hetero) is 1. The molecule has 0 radical (unpaired) electrons. The normalized spacial score (nSPS) is 10.6. The number of benzene rings is 2. The third-order valence-electron chi connectivity index (χ3n) is 2.65. The molecule has 2 aromatic rings. The summed E-state index contributed by atoms with van der Waals surface area (Å²) in [6, 6.07) is 8.44. The van der Waals surface area contributed by atoms with E-state index in [0.717, 1.165) is 30.0 Å². The largest absolute Gasteiger partial charge is 0.294 e. The molecule has 1 nitrogen and oxygen atoms in total. The van der Waals surface area contributed by atoms with Gasteiger partial charge >= 0.3 is 0 Å². The summed E-state index contributed by atoms with van der Waals surface area (Å²) in [4.78, 5) is 12.0. The Morgan fingerprint density at radius 3 is 2.30 bits per heavy atom. The van der Waals surface area contributed by atoms with Crippen LogP contribution in [0.4, 0.5) is 13.2 Å². The van der Waals surface area contributed by atoms with Crippen molar-refractivity contribution in [2.24, 2.45) is 0 Å². The van der Waals surface area contributed by atoms with Crippen molar-refractivity contribution >= 4 is 17.5 Å². The van der Waals surface area contributed by atoms with Crippen molar-refractivity contribution in [1.82, 2.24) is 0 Å². The maximum absolute atomic E-state index is 13.3. The van der Waals surface area contributed by atoms with Crippen LogP contribution in [0, 0.1) is 17.5 Å². The first-order chi connectivity index (χ1) is 9.56. The van der Waals surface area contributed by atoms with Gasteiger partial charge in [0.1, 0.15) is 17.5 Å². The second-order valence-corrected chi connectivity index (χ2v) is 5.24. The maximum atomic E-state index is 13.3. The van der Waals surface area contributed by atoms with E-state index in [0.29, 0.717) is 11.3 Å². The smallest absolute Gasteiger partial charge is 0.163 e. The van der Waals surface area contributed by atoms with Gasteiger partial charge < -0.3 is 0 Å². The average Bonchev–Trinajstić information content (AvgIpc) is 2.43. The van der Waals surface area contributed by atoms with Crippen LogP contribution in [0.15, 0.2) is 47.4 Å². The molecule has 2 rings (SSSR count). The minimum atomic E-state index is -0.515. The molecule has 20 heavy (non-hydrogen) atoms. The first kappa shape index (κ1) is 14.7. The minimum Gasteiger partial charge on any atom is -0.294 e. The van der Waals surface area contributed by atoms with Crippen molar-refractivity contribution in [2.75, 3.05) is 5.75 Å². The van der Waals surface area contributed by atoms with E-state index < -0.39 is 17.5 Å². The van der Waals surface area contributed by atoms with Crippen molar-refractivity contribution in [2.45, 2.75) is 11.3 Å². The van der Waals surface area contributed by atoms with Crippen LogP contribution in [0.1, 0.15) is 16.8 Å². The topological polar surface area (TPSA) is 17.1 Å². The van der Waals surface area contributed by atoms with Gasteiger partial charge in [0.05, 0.1) is 0 Å². The summed E-state index contributed by atoms with van der Waals surface area (Å²) in [7, 11) is 0. The van der Waals surface area contributed by atoms with E-state index in [1.54, 1.807) is 0 Å². The first-order valence-corrected chi connectivity index (χ1v) is 6.91. The van der Waals surface area contributed by atoms with Gasteiger partial charge in [0.2, 0.25) is 0 Å². The van der Waals surface area contributed by atoms with Crippen LogP contribution in [-0.2, 0) is 0 Å². The van der Waals surface area contributed by atoms with Gasteiger partial charge in [-0.05, 0) is 42.5 Å². The van der Waals surface area contributed by atoms with Gasteiger partial charge in [-0.1, -0.05) is 0 Å². The molecule has 104 valence electrons. The third kappa shape index (κ3) is 3.87. The van der Waals surface area contributed by atoms with E-state index in [2.05, 4.69) is 0 Å². The van der Waals surface area contributed by atoms with Crippen LogP contribution in [-0.4, -0.2) is 11.5 Å². The Hall–Kier alpha value is -1.75. The van der Waals surface area contributed by atoms with Gasteiger partial charge in [0.15, 0.2) is 5.78 Å². The summed E-state index contributed by atoms with van der Waals surface area (Å²) in [5.74, 6) is -1.26. The molecule has 0 N–H and O–H groups in total. The number of hydrogen-bond donors (Lipinski definition) is 0. The molecule has 0 fully saturated rings. The fourth-order valence-corrected chi connectivity index (χ4v) is 2.53. The molecule has 0 aliphatic rings. The Labute approximate surface area is 118 Å². The highest BCUT2D eigenvalue weighted by Crippen LogP contribution is 2.23. The van der Waals surface area contributed by atoms with Crippen molar-refractivity contribution in [3.63, 3.8) is 0 Å². The Kier molecular flexibility index (Phi) is 4.84. The molecule has 0 spiro atoms. The second-order valence-electron chi connectivity index (χ2n) is 4.10. The second kappa shape index (κ2) is 6.61. The monoisotopic (exact) mass is 296 g/mol. The predicted molar refractivity (Wildman–Crippen MR) is 72.4 cm³/mol. The van der Waals surface area contributed by atoms with Crippen LogP contribution in [0.2, 0.25) is 0 Å². The molecular weight excluding hydrogens is 285 g/mol. The Bertz CT molecular complexity index is 611. The minimum absolute atomic E-state index is 0.158. The first-order valence-electron chi connectivity index (χ1n) is 5.93. The van der Waals surface area contributed by atoms with Gasteiger partial charge in [0.25, 0.3) is 0 Å². The van der Waals surface area contributed by atoms with Crippen molar-refractivity contribution in [3.05, 3.63) is 65.5 Å². The van der Waals surface area contributed by atoms with Crippen molar-refractivity contribution in [1.29, 1.82) is 0 Å². The van der Waals surface area contributed by atoms with Crippen LogP contribution < -0.4 is 0 Å². The summed E-state index contributed by atoms with van der Waals surface area (Å²) in [5.41, 5.74) is 0.409. The standard InChI is InChI=1S/C15H11F3OS/c16-11-3-1-10(2-4-11)14(19)7-8-20-15-9-12(17)5-6-13(15)18/h1-6,9H,7-8H2. The van der Waals surface area contributed by atoms with Crippen LogP contribution in [0.5, 0.6) is 0 Å². The average molecular weight is 296 g/mol. The number of carbonyl (C=O) groups is 1. The van der Waals surface area contributed by atoms with Gasteiger partial charge in [-0.2, -0.15) is 0 Å². The quantitative estimate of drug-likeness (QED) is 0.598. The molecule has 0 unspecified atom stereocenters. The number of rotatable bonds is 5. The van der Waals surface area contributed by atoms with Crippen LogP contribution >= 0.6 is 11.8 Å². The van der Waals surface area contributed by atoms with E-state index in [4.69, 9.17) is 0 Å². The molecular formula is C15H11F3OS. The molecule has 0 amide bonds. The summed E-state index contributed by atoms with van der Waals surface area (Å²) >= 11 is 1.08. The highest BCUT2D eigenvalue weighted by Gasteiger charge is 2.08. The van der Waals surface area contributed by atoms with Crippen LogP contribution in [0.3, 0.4) is 0 Å². The lowest BCUT2D eigenvalue weighted by molar-refractivity contribution is 0.0989. The van der Waals surface area contributed by atoms with Crippen molar-refractivity contribution in [3.8, 4) is 0 Å². The van der Waals surface area contributed by atoms with Gasteiger partial charge in [0, 0.05) is 22.6 Å². The lowest BCUT2D eigenvalue weighted by Crippen LogP contribution is -2.00. The zero-order valence-electron chi connectivity index (χ0n) is 10.4. The number of ketones is 1. The molecule has 0 aromatic heterocycles. The SMILES string of the molecule is O=C(CCSc1cc(F)ccc1F)c1ccc(F)cc1. The summed E-state index contributed by atoms with van der Waals surface area (Å²) < 4.78 is 39.0. The van der Waals surface area contributed by atoms with Gasteiger partial charge in [-0.3, -0.25) is 4.79 Å². The Balaban J connectivity index is 1.91. The molecule has 0 saturated carbocycles.